The molecular weight excluding hydrogens is 305 g/mol. The maximum Gasteiger partial charge on any atom is 0.0909 e. The molecule has 0 aromatic heterocycles. The highest BCUT2D eigenvalue weighted by Gasteiger charge is 2.42. The van der Waals surface area contributed by atoms with Crippen molar-refractivity contribution in [1.29, 1.82) is 5.26 Å². The summed E-state index contributed by atoms with van der Waals surface area (Å²) < 4.78 is 0. The van der Waals surface area contributed by atoms with E-state index in [4.69, 9.17) is 11.8 Å². The van der Waals surface area contributed by atoms with Gasteiger partial charge in [-0.1, -0.05) is 92.2 Å². The molecule has 1 nitrogen and oxygen atoms in total. The van der Waals surface area contributed by atoms with Gasteiger partial charge in [0.1, 0.15) is 0 Å². The summed E-state index contributed by atoms with van der Waals surface area (Å²) in [4.78, 5) is 0. The van der Waals surface area contributed by atoms with Crippen molar-refractivity contribution in [2.45, 2.75) is 38.3 Å². The summed E-state index contributed by atoms with van der Waals surface area (Å²) in [7, 11) is 0. The molecule has 3 heteroatoms. The summed E-state index contributed by atoms with van der Waals surface area (Å²) in [6.07, 6.45) is 2.96. The molecule has 0 fully saturated rings. The van der Waals surface area contributed by atoms with Crippen LogP contribution in [0.1, 0.15) is 33.1 Å². The molecule has 0 saturated heterocycles. The smallest absolute Gasteiger partial charge is 0.0909 e. The van der Waals surface area contributed by atoms with Crippen LogP contribution < -0.4 is 10.6 Å². The number of benzene rings is 2. The fourth-order valence-electron chi connectivity index (χ4n) is 2.80. The van der Waals surface area contributed by atoms with Gasteiger partial charge in [-0.3, -0.25) is 0 Å². The first kappa shape index (κ1) is 16.9. The fraction of sp³-hybridized carbons (Fsp3) is 0.316. The zero-order valence-electron chi connectivity index (χ0n) is 13.2. The Balaban J connectivity index is 2.66. The molecule has 22 heavy (non-hydrogen) atoms. The van der Waals surface area contributed by atoms with Crippen LogP contribution in [-0.4, -0.2) is 5.16 Å². The average Bonchev–Trinajstić information content (AvgIpc) is 2.60. The molecule has 0 heterocycles. The van der Waals surface area contributed by atoms with Crippen molar-refractivity contribution in [2.24, 2.45) is 0 Å². The van der Waals surface area contributed by atoms with Gasteiger partial charge in [0.05, 0.1) is 11.2 Å². The summed E-state index contributed by atoms with van der Waals surface area (Å²) in [5.41, 5.74) is 0. The summed E-state index contributed by atoms with van der Waals surface area (Å²) in [5.74, 6) is 0. The van der Waals surface area contributed by atoms with Crippen LogP contribution in [-0.2, 0) is 11.8 Å². The molecule has 0 aliphatic heterocycles. The van der Waals surface area contributed by atoms with Crippen LogP contribution in [0.3, 0.4) is 0 Å². The van der Waals surface area contributed by atoms with Gasteiger partial charge in [0, 0.05) is 6.04 Å². The first-order valence-corrected chi connectivity index (χ1v) is 10.5. The lowest BCUT2D eigenvalue weighted by molar-refractivity contribution is 0.639. The van der Waals surface area contributed by atoms with Gasteiger partial charge in [0.15, 0.2) is 0 Å². The van der Waals surface area contributed by atoms with Crippen molar-refractivity contribution >= 4 is 28.5 Å². The van der Waals surface area contributed by atoms with Crippen LogP contribution in [0.15, 0.2) is 60.7 Å². The molecule has 2 aromatic rings. The molecule has 0 aliphatic rings. The van der Waals surface area contributed by atoms with E-state index in [1.54, 1.807) is 0 Å². The fourth-order valence-corrected chi connectivity index (χ4v) is 7.16. The number of nitrogens with zero attached hydrogens (tertiary/aromatic N) is 1. The first-order chi connectivity index (χ1) is 10.6. The minimum Gasteiger partial charge on any atom is -0.197 e. The lowest BCUT2D eigenvalue weighted by atomic mass is 10.1. The molecule has 1 unspecified atom stereocenters. The topological polar surface area (TPSA) is 23.8 Å². The summed E-state index contributed by atoms with van der Waals surface area (Å²) in [6.45, 7) is 4.22. The lowest BCUT2D eigenvalue weighted by Gasteiger charge is -2.36. The minimum atomic E-state index is -2.20. The van der Waals surface area contributed by atoms with Crippen LogP contribution in [0.4, 0.5) is 0 Å². The van der Waals surface area contributed by atoms with Crippen LogP contribution >= 0.6 is 6.04 Å². The molecule has 0 spiro atoms. The number of unbranched alkanes of at least 4 members (excludes halogenated alkanes) is 1. The third kappa shape index (κ3) is 3.02. The van der Waals surface area contributed by atoms with Crippen LogP contribution in [0, 0.1) is 11.3 Å². The molecule has 0 saturated carbocycles. The van der Waals surface area contributed by atoms with Crippen molar-refractivity contribution in [2.75, 3.05) is 0 Å². The third-order valence-electron chi connectivity index (χ3n) is 4.19. The number of rotatable bonds is 6. The Kier molecular flexibility index (Phi) is 5.57. The summed E-state index contributed by atoms with van der Waals surface area (Å²) in [5, 5.41) is 11.7. The molecule has 0 bridgehead atoms. The second-order valence-electron chi connectivity index (χ2n) is 5.77. The molecule has 114 valence electrons. The molecule has 0 radical (unpaired) electrons. The van der Waals surface area contributed by atoms with E-state index < -0.39 is 11.2 Å². The Morgan fingerprint density at radius 3 is 1.82 bits per heavy atom. The maximum absolute atomic E-state index is 9.98. The maximum atomic E-state index is 9.98. The van der Waals surface area contributed by atoms with Crippen molar-refractivity contribution < 1.29 is 0 Å². The highest BCUT2D eigenvalue weighted by Crippen LogP contribution is 2.58. The van der Waals surface area contributed by atoms with E-state index in [9.17, 15) is 5.26 Å². The molecule has 2 aromatic carbocycles. The monoisotopic (exact) mass is 327 g/mol. The third-order valence-corrected chi connectivity index (χ3v) is 10.4. The SMILES string of the molecule is CCCCC(C)(C#N)P(=S)(c1ccccc1)c1ccccc1. The van der Waals surface area contributed by atoms with Gasteiger partial charge in [-0.15, -0.1) is 0 Å². The molecule has 2 rings (SSSR count). The zero-order valence-corrected chi connectivity index (χ0v) is 14.9. The highest BCUT2D eigenvalue weighted by atomic mass is 32.4. The summed E-state index contributed by atoms with van der Waals surface area (Å²) >= 11 is 6.27. The zero-order chi connectivity index (χ0) is 16.1. The van der Waals surface area contributed by atoms with Crippen LogP contribution in [0.5, 0.6) is 0 Å². The molecule has 1 atom stereocenters. The van der Waals surface area contributed by atoms with Gasteiger partial charge in [-0.05, 0) is 24.0 Å². The number of nitriles is 1. The van der Waals surface area contributed by atoms with E-state index in [-0.39, 0.29) is 0 Å². The quantitative estimate of drug-likeness (QED) is 0.725. The van der Waals surface area contributed by atoms with E-state index in [0.717, 1.165) is 29.9 Å². The Labute approximate surface area is 139 Å². The first-order valence-electron chi connectivity index (χ1n) is 7.71. The van der Waals surface area contributed by atoms with E-state index >= 15 is 0 Å². The van der Waals surface area contributed by atoms with E-state index in [2.05, 4.69) is 44.2 Å². The second kappa shape index (κ2) is 7.23. The van der Waals surface area contributed by atoms with E-state index in [1.807, 2.05) is 36.4 Å². The standard InChI is InChI=1S/C19H22NPS/c1-3-4-15-19(2,16-20)21(22,17-11-7-5-8-12-17)18-13-9-6-10-14-18/h5-14H,3-4,15H2,1-2H3. The molecule has 0 amide bonds. The van der Waals surface area contributed by atoms with Gasteiger partial charge in [-0.2, -0.15) is 5.26 Å². The predicted octanol–water partition coefficient (Wildman–Crippen LogP) is 4.59. The predicted molar refractivity (Wildman–Crippen MR) is 100.0 cm³/mol. The largest absolute Gasteiger partial charge is 0.197 e. The Morgan fingerprint density at radius 2 is 1.45 bits per heavy atom. The normalized spacial score (nSPS) is 14.0. The Morgan fingerprint density at radius 1 is 1.00 bits per heavy atom. The molecule has 0 aliphatic carbocycles. The Bertz CT molecular complexity index is 647. The van der Waals surface area contributed by atoms with E-state index in [1.165, 1.54) is 0 Å². The van der Waals surface area contributed by atoms with Crippen LogP contribution in [0.25, 0.3) is 0 Å². The molecular formula is C19H22NPS. The second-order valence-corrected chi connectivity index (χ2v) is 10.7. The van der Waals surface area contributed by atoms with Crippen molar-refractivity contribution in [3.05, 3.63) is 60.7 Å². The van der Waals surface area contributed by atoms with Gasteiger partial charge in [-0.25, -0.2) is 0 Å². The van der Waals surface area contributed by atoms with Crippen molar-refractivity contribution in [1.82, 2.24) is 0 Å². The van der Waals surface area contributed by atoms with E-state index in [0.29, 0.717) is 0 Å². The van der Waals surface area contributed by atoms with Crippen LogP contribution in [0.2, 0.25) is 0 Å². The number of hydrogen-bond acceptors (Lipinski definition) is 2. The van der Waals surface area contributed by atoms with Crippen molar-refractivity contribution in [3.8, 4) is 6.07 Å². The minimum absolute atomic E-state index is 0.513. The summed E-state index contributed by atoms with van der Waals surface area (Å²) in [6, 6.07) is 20.9. The van der Waals surface area contributed by atoms with Gasteiger partial charge in [0.2, 0.25) is 0 Å². The van der Waals surface area contributed by atoms with Gasteiger partial charge in [0.25, 0.3) is 0 Å². The lowest BCUT2D eigenvalue weighted by Crippen LogP contribution is -2.34. The number of hydrogen-bond donors (Lipinski definition) is 0. The Hall–Kier alpha value is -1.42. The average molecular weight is 327 g/mol. The molecule has 0 N–H and O–H groups in total. The van der Waals surface area contributed by atoms with Gasteiger partial charge < -0.3 is 0 Å². The van der Waals surface area contributed by atoms with Crippen molar-refractivity contribution in [3.63, 3.8) is 0 Å². The van der Waals surface area contributed by atoms with Gasteiger partial charge >= 0.3 is 0 Å². The highest BCUT2D eigenvalue weighted by molar-refractivity contribution is 8.22.